The second-order valence-corrected chi connectivity index (χ2v) is 8.91. The summed E-state index contributed by atoms with van der Waals surface area (Å²) in [4.78, 5) is 27.1. The lowest BCUT2D eigenvalue weighted by molar-refractivity contribution is -0.142. The number of hydrogen-bond acceptors (Lipinski definition) is 5. The summed E-state index contributed by atoms with van der Waals surface area (Å²) in [6, 6.07) is 12.1. The van der Waals surface area contributed by atoms with Crippen LogP contribution in [0.25, 0.3) is 6.08 Å². The molecule has 1 aliphatic heterocycles. The maximum atomic E-state index is 13.2. The zero-order valence-corrected chi connectivity index (χ0v) is 21.5. The Kier molecular flexibility index (Phi) is 8.61. The van der Waals surface area contributed by atoms with Crippen molar-refractivity contribution < 1.29 is 19.1 Å². The van der Waals surface area contributed by atoms with E-state index in [1.54, 1.807) is 56.3 Å². The van der Waals surface area contributed by atoms with Gasteiger partial charge in [-0.1, -0.05) is 42.3 Å². The van der Waals surface area contributed by atoms with Crippen molar-refractivity contribution in [2.45, 2.75) is 46.8 Å². The van der Waals surface area contributed by atoms with E-state index < -0.39 is 11.8 Å². The topological polar surface area (TPSA) is 79.6 Å². The second-order valence-electron chi connectivity index (χ2n) is 8.07. The number of nitrogens with zero attached hydrogens (tertiary/aromatic N) is 2. The van der Waals surface area contributed by atoms with E-state index in [-0.39, 0.29) is 18.2 Å². The van der Waals surface area contributed by atoms with Crippen LogP contribution in [0.2, 0.25) is 10.0 Å². The van der Waals surface area contributed by atoms with Crippen LogP contribution in [0.5, 0.6) is 11.5 Å². The summed E-state index contributed by atoms with van der Waals surface area (Å²) >= 11 is 12.2. The Balaban J connectivity index is 1.97. The van der Waals surface area contributed by atoms with Crippen LogP contribution >= 0.6 is 23.2 Å². The minimum absolute atomic E-state index is 0.0269. The Hall–Kier alpha value is -3.27. The highest BCUT2D eigenvalue weighted by Crippen LogP contribution is 2.33. The van der Waals surface area contributed by atoms with Crippen molar-refractivity contribution in [3.63, 3.8) is 0 Å². The summed E-state index contributed by atoms with van der Waals surface area (Å²) in [6.07, 6.45) is 2.25. The molecule has 3 rings (SSSR count). The van der Waals surface area contributed by atoms with Crippen LogP contribution in [0.4, 0.5) is 0 Å². The Morgan fingerprint density at radius 1 is 1.06 bits per heavy atom. The molecule has 8 heteroatoms. The Morgan fingerprint density at radius 3 is 2.43 bits per heavy atom. The highest BCUT2D eigenvalue weighted by Gasteiger charge is 2.37. The fourth-order valence-corrected chi connectivity index (χ4v) is 4.11. The van der Waals surface area contributed by atoms with Gasteiger partial charge in [0.15, 0.2) is 11.5 Å². The molecule has 1 aliphatic rings. The third-order valence-electron chi connectivity index (χ3n) is 5.78. The first-order chi connectivity index (χ1) is 16.7. The van der Waals surface area contributed by atoms with Crippen molar-refractivity contribution in [3.8, 4) is 17.6 Å². The highest BCUT2D eigenvalue weighted by molar-refractivity contribution is 6.35. The summed E-state index contributed by atoms with van der Waals surface area (Å²) < 4.78 is 11.7. The van der Waals surface area contributed by atoms with Gasteiger partial charge in [-0.25, -0.2) is 0 Å². The highest BCUT2D eigenvalue weighted by atomic mass is 35.5. The van der Waals surface area contributed by atoms with Crippen molar-refractivity contribution in [1.29, 1.82) is 5.26 Å². The second kappa shape index (κ2) is 11.4. The third kappa shape index (κ3) is 5.70. The molecule has 2 amide bonds. The number of carbonyl (C=O) groups excluding carboxylic acids is 2. The predicted octanol–water partition coefficient (Wildman–Crippen LogP) is 6.36. The van der Waals surface area contributed by atoms with Crippen molar-refractivity contribution in [3.05, 3.63) is 74.3 Å². The van der Waals surface area contributed by atoms with Crippen LogP contribution in [0.3, 0.4) is 0 Å². The molecule has 0 fully saturated rings. The first-order valence-electron chi connectivity index (χ1n) is 11.3. The fraction of sp³-hybridized carbons (Fsp3) is 0.296. The largest absolute Gasteiger partial charge is 0.490 e. The van der Waals surface area contributed by atoms with Gasteiger partial charge in [0.2, 0.25) is 0 Å². The number of ether oxygens (including phenoxy) is 2. The van der Waals surface area contributed by atoms with Crippen LogP contribution < -0.4 is 9.47 Å². The van der Waals surface area contributed by atoms with E-state index in [1.807, 2.05) is 19.9 Å². The lowest BCUT2D eigenvalue weighted by Gasteiger charge is -2.31. The Morgan fingerprint density at radius 2 is 1.80 bits per heavy atom. The minimum atomic E-state index is -0.555. The number of carbonyl (C=O) groups is 2. The van der Waals surface area contributed by atoms with Gasteiger partial charge in [0.25, 0.3) is 11.8 Å². The molecule has 6 nitrogen and oxygen atoms in total. The van der Waals surface area contributed by atoms with Crippen molar-refractivity contribution >= 4 is 41.1 Å². The smallest absolute Gasteiger partial charge is 0.271 e. The summed E-state index contributed by atoms with van der Waals surface area (Å²) in [7, 11) is 0. The molecule has 182 valence electrons. The van der Waals surface area contributed by atoms with Gasteiger partial charge in [-0.15, -0.1) is 0 Å². The molecule has 0 aliphatic carbocycles. The van der Waals surface area contributed by atoms with Gasteiger partial charge in [0.1, 0.15) is 18.2 Å². The zero-order valence-electron chi connectivity index (χ0n) is 20.0. The molecule has 0 saturated carbocycles. The van der Waals surface area contributed by atoms with Crippen molar-refractivity contribution in [1.82, 2.24) is 4.90 Å². The van der Waals surface area contributed by atoms with Crippen LogP contribution in [-0.4, -0.2) is 29.4 Å². The molecular weight excluding hydrogens is 487 g/mol. The quantitative estimate of drug-likeness (QED) is 0.303. The van der Waals surface area contributed by atoms with Gasteiger partial charge >= 0.3 is 0 Å². The molecule has 0 radical (unpaired) electrons. The number of halogens is 2. The van der Waals surface area contributed by atoms with E-state index in [2.05, 4.69) is 0 Å². The van der Waals surface area contributed by atoms with Gasteiger partial charge < -0.3 is 9.47 Å². The molecule has 0 aromatic heterocycles. The van der Waals surface area contributed by atoms with Crippen molar-refractivity contribution in [2.75, 3.05) is 6.61 Å². The number of imide groups is 1. The van der Waals surface area contributed by atoms with E-state index in [0.717, 1.165) is 10.5 Å². The Bertz CT molecular complexity index is 1260. The average Bonchev–Trinajstić information content (AvgIpc) is 2.82. The van der Waals surface area contributed by atoms with Crippen LogP contribution in [0.1, 0.15) is 45.2 Å². The van der Waals surface area contributed by atoms with Gasteiger partial charge in [0, 0.05) is 27.2 Å². The average molecular weight is 513 g/mol. The molecule has 1 heterocycles. The first kappa shape index (κ1) is 26.3. The molecule has 0 bridgehead atoms. The summed E-state index contributed by atoms with van der Waals surface area (Å²) in [5.74, 6) is 0.0289. The van der Waals surface area contributed by atoms with Crippen LogP contribution in [0.15, 0.2) is 53.1 Å². The molecule has 2 aromatic carbocycles. The number of nitriles is 1. The SMILES string of the molecule is CCOc1cc(/C=C2/C(=O)N(C(C)CC)C(=O)C(C#N)=C2C)ccc1OCc1ccc(Cl)cc1Cl. The minimum Gasteiger partial charge on any atom is -0.490 e. The van der Waals surface area contributed by atoms with Gasteiger partial charge in [-0.05, 0) is 68.7 Å². The molecular formula is C27H26Cl2N2O4. The zero-order chi connectivity index (χ0) is 25.7. The molecule has 0 saturated heterocycles. The van der Waals surface area contributed by atoms with E-state index in [9.17, 15) is 14.9 Å². The summed E-state index contributed by atoms with van der Waals surface area (Å²) in [5.41, 5.74) is 2.07. The third-order valence-corrected chi connectivity index (χ3v) is 6.37. The van der Waals surface area contributed by atoms with Gasteiger partial charge in [-0.2, -0.15) is 5.26 Å². The number of hydrogen-bond donors (Lipinski definition) is 0. The standard InChI is InChI=1S/C27H26Cl2N2O4/c1-5-16(3)31-26(32)21(17(4)22(14-30)27(31)33)11-18-7-10-24(25(12-18)34-6-2)35-15-19-8-9-20(28)13-23(19)29/h7-13,16H,5-6,15H2,1-4H3/b21-11+. The van der Waals surface area contributed by atoms with E-state index in [4.69, 9.17) is 32.7 Å². The maximum Gasteiger partial charge on any atom is 0.271 e. The molecule has 0 spiro atoms. The maximum absolute atomic E-state index is 13.2. The van der Waals surface area contributed by atoms with Crippen LogP contribution in [0, 0.1) is 11.3 Å². The van der Waals surface area contributed by atoms with E-state index >= 15 is 0 Å². The van der Waals surface area contributed by atoms with E-state index in [0.29, 0.717) is 51.3 Å². The Labute approximate surface area is 215 Å². The van der Waals surface area contributed by atoms with Gasteiger partial charge in [0.05, 0.1) is 6.61 Å². The molecule has 1 atom stereocenters. The van der Waals surface area contributed by atoms with Crippen LogP contribution in [-0.2, 0) is 16.2 Å². The first-order valence-corrected chi connectivity index (χ1v) is 12.0. The fourth-order valence-electron chi connectivity index (χ4n) is 3.65. The van der Waals surface area contributed by atoms with Crippen molar-refractivity contribution in [2.24, 2.45) is 0 Å². The monoisotopic (exact) mass is 512 g/mol. The molecule has 0 N–H and O–H groups in total. The van der Waals surface area contributed by atoms with E-state index in [1.165, 1.54) is 0 Å². The predicted molar refractivity (Wildman–Crippen MR) is 136 cm³/mol. The molecule has 35 heavy (non-hydrogen) atoms. The molecule has 2 aromatic rings. The lowest BCUT2D eigenvalue weighted by atomic mass is 9.92. The molecule has 1 unspecified atom stereocenters. The number of rotatable bonds is 8. The number of amides is 2. The summed E-state index contributed by atoms with van der Waals surface area (Å²) in [5, 5.41) is 10.6. The number of benzene rings is 2. The van der Waals surface area contributed by atoms with Gasteiger partial charge in [-0.3, -0.25) is 14.5 Å². The normalized spacial score (nSPS) is 15.9. The lowest BCUT2D eigenvalue weighted by Crippen LogP contribution is -2.47. The summed E-state index contributed by atoms with van der Waals surface area (Å²) in [6.45, 7) is 7.77.